The minimum atomic E-state index is -0.617. The Kier molecular flexibility index (Phi) is 3.98. The van der Waals surface area contributed by atoms with E-state index in [0.717, 1.165) is 6.07 Å². The quantitative estimate of drug-likeness (QED) is 0.823. The van der Waals surface area contributed by atoms with Crippen molar-refractivity contribution in [2.24, 2.45) is 0 Å². The first kappa shape index (κ1) is 13.8. The van der Waals surface area contributed by atoms with E-state index in [9.17, 15) is 9.18 Å². The Bertz CT molecular complexity index is 418. The fourth-order valence-corrected chi connectivity index (χ4v) is 1.57. The number of ether oxygens (including phenoxy) is 1. The largest absolute Gasteiger partial charge is 0.444 e. The van der Waals surface area contributed by atoms with Crippen molar-refractivity contribution < 1.29 is 13.9 Å². The molecule has 17 heavy (non-hydrogen) atoms. The smallest absolute Gasteiger partial charge is 0.412 e. The van der Waals surface area contributed by atoms with E-state index >= 15 is 0 Å². The first-order valence-corrected chi connectivity index (χ1v) is 5.52. The van der Waals surface area contributed by atoms with Crippen LogP contribution >= 0.6 is 11.6 Å². The van der Waals surface area contributed by atoms with Gasteiger partial charge in [-0.3, -0.25) is 5.32 Å². The van der Waals surface area contributed by atoms with E-state index < -0.39 is 17.5 Å². The molecular weight excluding hydrogens is 245 g/mol. The van der Waals surface area contributed by atoms with Crippen LogP contribution < -0.4 is 5.32 Å². The van der Waals surface area contributed by atoms with Crippen LogP contribution in [-0.4, -0.2) is 11.7 Å². The highest BCUT2D eigenvalue weighted by Crippen LogP contribution is 2.27. The summed E-state index contributed by atoms with van der Waals surface area (Å²) in [6, 6.07) is 2.43. The molecule has 0 aromatic heterocycles. The predicted molar refractivity (Wildman–Crippen MR) is 66.0 cm³/mol. The second kappa shape index (κ2) is 4.92. The summed E-state index contributed by atoms with van der Waals surface area (Å²) >= 11 is 5.84. The summed E-state index contributed by atoms with van der Waals surface area (Å²) in [5.41, 5.74) is 0.313. The number of hydrogen-bond acceptors (Lipinski definition) is 2. The fourth-order valence-electron chi connectivity index (χ4n) is 1.27. The van der Waals surface area contributed by atoms with Crippen LogP contribution in [0.25, 0.3) is 0 Å². The summed E-state index contributed by atoms with van der Waals surface area (Å²) in [4.78, 5) is 11.5. The average Bonchev–Trinajstić information content (AvgIpc) is 2.08. The maximum Gasteiger partial charge on any atom is 0.412 e. The third kappa shape index (κ3) is 4.23. The molecule has 0 fully saturated rings. The number of anilines is 1. The molecule has 0 saturated carbocycles. The summed E-state index contributed by atoms with van der Waals surface area (Å²) in [5.74, 6) is -0.442. The summed E-state index contributed by atoms with van der Waals surface area (Å²) in [6.45, 7) is 6.92. The first-order chi connectivity index (χ1) is 7.69. The lowest BCUT2D eigenvalue weighted by molar-refractivity contribution is 0.0636. The van der Waals surface area contributed by atoms with Gasteiger partial charge >= 0.3 is 6.09 Å². The summed E-state index contributed by atoms with van der Waals surface area (Å²) in [7, 11) is 0. The number of aryl methyl sites for hydroxylation is 1. The molecule has 0 unspecified atom stereocenters. The van der Waals surface area contributed by atoms with Crippen LogP contribution in [0, 0.1) is 12.7 Å². The van der Waals surface area contributed by atoms with Gasteiger partial charge in [0, 0.05) is 0 Å². The van der Waals surface area contributed by atoms with Crippen LogP contribution in [0.2, 0.25) is 5.02 Å². The molecule has 0 aliphatic heterocycles. The van der Waals surface area contributed by atoms with Crippen molar-refractivity contribution in [3.63, 3.8) is 0 Å². The molecule has 1 rings (SSSR count). The van der Waals surface area contributed by atoms with E-state index in [0.29, 0.717) is 11.3 Å². The molecule has 0 bridgehead atoms. The zero-order valence-electron chi connectivity index (χ0n) is 10.2. The molecule has 1 aromatic carbocycles. The molecule has 0 radical (unpaired) electrons. The highest BCUT2D eigenvalue weighted by Gasteiger charge is 2.18. The van der Waals surface area contributed by atoms with Crippen molar-refractivity contribution in [1.82, 2.24) is 0 Å². The number of nitrogens with one attached hydrogen (secondary N) is 1. The van der Waals surface area contributed by atoms with Crippen molar-refractivity contribution >= 4 is 23.4 Å². The van der Waals surface area contributed by atoms with Gasteiger partial charge in [0.2, 0.25) is 0 Å². The first-order valence-electron chi connectivity index (χ1n) is 5.15. The lowest BCUT2D eigenvalue weighted by atomic mass is 10.2. The normalized spacial score (nSPS) is 11.2. The Labute approximate surface area is 105 Å². The van der Waals surface area contributed by atoms with E-state index in [1.165, 1.54) is 6.07 Å². The van der Waals surface area contributed by atoms with Gasteiger partial charge in [-0.25, -0.2) is 9.18 Å². The molecule has 0 spiro atoms. The average molecular weight is 260 g/mol. The summed E-state index contributed by atoms with van der Waals surface area (Å²) < 4.78 is 18.1. The summed E-state index contributed by atoms with van der Waals surface area (Å²) in [6.07, 6.45) is -0.617. The van der Waals surface area contributed by atoms with Crippen molar-refractivity contribution in [2.45, 2.75) is 33.3 Å². The van der Waals surface area contributed by atoms with Crippen LogP contribution in [0.15, 0.2) is 12.1 Å². The maximum atomic E-state index is 13.0. The molecule has 1 amide bonds. The van der Waals surface area contributed by atoms with E-state index in [2.05, 4.69) is 5.32 Å². The zero-order chi connectivity index (χ0) is 13.2. The van der Waals surface area contributed by atoms with Gasteiger partial charge in [0.05, 0.1) is 10.7 Å². The van der Waals surface area contributed by atoms with Gasteiger partial charge in [-0.15, -0.1) is 0 Å². The maximum absolute atomic E-state index is 13.0. The molecular formula is C12H15ClFNO2. The van der Waals surface area contributed by atoms with Crippen LogP contribution in [-0.2, 0) is 4.74 Å². The molecule has 0 aliphatic carbocycles. The van der Waals surface area contributed by atoms with E-state index in [1.807, 2.05) is 0 Å². The van der Waals surface area contributed by atoms with Gasteiger partial charge < -0.3 is 4.74 Å². The van der Waals surface area contributed by atoms with Gasteiger partial charge in [0.25, 0.3) is 0 Å². The van der Waals surface area contributed by atoms with Crippen LogP contribution in [0.1, 0.15) is 26.3 Å². The Morgan fingerprint density at radius 2 is 2.00 bits per heavy atom. The standard InChI is InChI=1S/C12H15ClFNO2/c1-7-5-8(14)6-9(13)10(7)15-11(16)17-12(2,3)4/h5-6H,1-4H3,(H,15,16). The van der Waals surface area contributed by atoms with E-state index in [1.54, 1.807) is 27.7 Å². The van der Waals surface area contributed by atoms with E-state index in [-0.39, 0.29) is 5.02 Å². The van der Waals surface area contributed by atoms with E-state index in [4.69, 9.17) is 16.3 Å². The molecule has 0 heterocycles. The topological polar surface area (TPSA) is 38.3 Å². The molecule has 1 aromatic rings. The second-order valence-electron chi connectivity index (χ2n) is 4.71. The number of carbonyl (C=O) groups is 1. The van der Waals surface area contributed by atoms with Crippen molar-refractivity contribution in [3.05, 3.63) is 28.5 Å². The molecule has 0 aliphatic rings. The lowest BCUT2D eigenvalue weighted by Gasteiger charge is -2.20. The molecule has 0 saturated heterocycles. The Balaban J connectivity index is 2.86. The minimum Gasteiger partial charge on any atom is -0.444 e. The molecule has 1 N–H and O–H groups in total. The van der Waals surface area contributed by atoms with Gasteiger partial charge in [0.15, 0.2) is 0 Å². The van der Waals surface area contributed by atoms with Gasteiger partial charge in [0.1, 0.15) is 11.4 Å². The van der Waals surface area contributed by atoms with Gasteiger partial charge in [-0.1, -0.05) is 11.6 Å². The Morgan fingerprint density at radius 3 is 2.47 bits per heavy atom. The van der Waals surface area contributed by atoms with Gasteiger partial charge in [-0.2, -0.15) is 0 Å². The SMILES string of the molecule is Cc1cc(F)cc(Cl)c1NC(=O)OC(C)(C)C. The Morgan fingerprint density at radius 1 is 1.41 bits per heavy atom. The molecule has 0 atom stereocenters. The van der Waals surface area contributed by atoms with Gasteiger partial charge in [-0.05, 0) is 45.4 Å². The lowest BCUT2D eigenvalue weighted by Crippen LogP contribution is -2.27. The Hall–Kier alpha value is -1.29. The van der Waals surface area contributed by atoms with Crippen molar-refractivity contribution in [1.29, 1.82) is 0 Å². The fraction of sp³-hybridized carbons (Fsp3) is 0.417. The number of rotatable bonds is 1. The van der Waals surface area contributed by atoms with Crippen molar-refractivity contribution in [2.75, 3.05) is 5.32 Å². The summed E-state index contributed by atoms with van der Waals surface area (Å²) in [5, 5.41) is 2.65. The monoisotopic (exact) mass is 259 g/mol. The number of amides is 1. The molecule has 5 heteroatoms. The molecule has 94 valence electrons. The van der Waals surface area contributed by atoms with Crippen LogP contribution in [0.4, 0.5) is 14.9 Å². The number of hydrogen-bond donors (Lipinski definition) is 1. The van der Waals surface area contributed by atoms with Crippen LogP contribution in [0.3, 0.4) is 0 Å². The predicted octanol–water partition coefficient (Wildman–Crippen LogP) is 4.13. The highest BCUT2D eigenvalue weighted by molar-refractivity contribution is 6.33. The number of halogens is 2. The number of carbonyl (C=O) groups excluding carboxylic acids is 1. The number of benzene rings is 1. The third-order valence-corrected chi connectivity index (χ3v) is 2.18. The molecule has 3 nitrogen and oxygen atoms in total. The zero-order valence-corrected chi connectivity index (χ0v) is 11.0. The minimum absolute atomic E-state index is 0.147. The highest BCUT2D eigenvalue weighted by atomic mass is 35.5. The van der Waals surface area contributed by atoms with Crippen LogP contribution in [0.5, 0.6) is 0 Å². The second-order valence-corrected chi connectivity index (χ2v) is 5.11. The third-order valence-electron chi connectivity index (χ3n) is 1.88. The van der Waals surface area contributed by atoms with Crippen molar-refractivity contribution in [3.8, 4) is 0 Å².